The van der Waals surface area contributed by atoms with Gasteiger partial charge in [0.2, 0.25) is 0 Å². The zero-order valence-electron chi connectivity index (χ0n) is 17.3. The van der Waals surface area contributed by atoms with Crippen LogP contribution in [0.1, 0.15) is 42.0 Å². The second kappa shape index (κ2) is 7.34. The molecule has 0 aromatic heterocycles. The van der Waals surface area contributed by atoms with E-state index in [1.54, 1.807) is 12.1 Å². The monoisotopic (exact) mass is 403 g/mol. The van der Waals surface area contributed by atoms with Gasteiger partial charge in [-0.1, -0.05) is 36.4 Å². The lowest BCUT2D eigenvalue weighted by Gasteiger charge is -2.53. The molecule has 0 saturated carbocycles. The average molecular weight is 403 g/mol. The first-order valence-electron chi connectivity index (χ1n) is 10.9. The summed E-state index contributed by atoms with van der Waals surface area (Å²) in [5.41, 5.74) is 3.46. The van der Waals surface area contributed by atoms with Gasteiger partial charge in [0.1, 0.15) is 5.75 Å². The average Bonchev–Trinajstić information content (AvgIpc) is 2.78. The van der Waals surface area contributed by atoms with Crippen LogP contribution in [0.4, 0.5) is 4.79 Å². The molecule has 2 aromatic carbocycles. The van der Waals surface area contributed by atoms with Gasteiger partial charge in [0.05, 0.1) is 32.3 Å². The van der Waals surface area contributed by atoms with Gasteiger partial charge in [-0.25, -0.2) is 4.79 Å². The summed E-state index contributed by atoms with van der Waals surface area (Å²) >= 11 is 0. The molecule has 0 aliphatic carbocycles. The third-order valence-corrected chi connectivity index (χ3v) is 7.49. The number of nitrogens with zero attached hydrogens (tertiary/aromatic N) is 2. The molecule has 30 heavy (non-hydrogen) atoms. The highest BCUT2D eigenvalue weighted by molar-refractivity contribution is 5.97. The summed E-state index contributed by atoms with van der Waals surface area (Å²) in [5, 5.41) is 9.72. The van der Waals surface area contributed by atoms with Crippen LogP contribution in [0.3, 0.4) is 0 Å². The molecule has 2 radical (unpaired) electrons. The first-order chi connectivity index (χ1) is 14.5. The molecule has 2 aromatic rings. The van der Waals surface area contributed by atoms with Crippen LogP contribution in [0.15, 0.2) is 48.5 Å². The fourth-order valence-electron chi connectivity index (χ4n) is 5.38. The molecule has 2 bridgehead atoms. The molecule has 1 atom stereocenters. The Balaban J connectivity index is 1.37. The van der Waals surface area contributed by atoms with Crippen LogP contribution in [0.25, 0.3) is 0 Å². The van der Waals surface area contributed by atoms with E-state index in [1.165, 1.54) is 5.56 Å². The van der Waals surface area contributed by atoms with Gasteiger partial charge in [-0.05, 0) is 35.2 Å². The highest BCUT2D eigenvalue weighted by Gasteiger charge is 2.47. The zero-order chi connectivity index (χ0) is 20.8. The van der Waals surface area contributed by atoms with Crippen molar-refractivity contribution in [3.63, 3.8) is 0 Å². The number of ether oxygens (including phenoxy) is 1. The number of phenols is 1. The first-order valence-corrected chi connectivity index (χ1v) is 10.9. The normalized spacial score (nSPS) is 30.0. The van der Waals surface area contributed by atoms with Gasteiger partial charge in [0.25, 0.3) is 0 Å². The summed E-state index contributed by atoms with van der Waals surface area (Å²) in [6.45, 7) is 4.03. The van der Waals surface area contributed by atoms with Crippen molar-refractivity contribution < 1.29 is 19.0 Å². The summed E-state index contributed by atoms with van der Waals surface area (Å²) < 4.78 is 6.64. The number of amides is 1. The Labute approximate surface area is 179 Å². The summed E-state index contributed by atoms with van der Waals surface area (Å²) in [7, 11) is 6.37. The number of carbonyl (C=O) groups is 1. The maximum atomic E-state index is 13.3. The molecule has 0 unspecified atom stereocenters. The topological polar surface area (TPSA) is 49.8 Å². The van der Waals surface area contributed by atoms with Gasteiger partial charge < -0.3 is 14.2 Å². The predicted octanol–water partition coefficient (Wildman–Crippen LogP) is 3.56. The molecular formula is C24H28BN2O3+. The van der Waals surface area contributed by atoms with Gasteiger partial charge in [-0.15, -0.1) is 0 Å². The summed E-state index contributed by atoms with van der Waals surface area (Å²) in [6, 6.07) is 15.2. The molecule has 5 nitrogen and oxygen atoms in total. The summed E-state index contributed by atoms with van der Waals surface area (Å²) in [4.78, 5) is 15.1. The highest BCUT2D eigenvalue weighted by atomic mass is 16.6. The second-order valence-electron chi connectivity index (χ2n) is 9.33. The number of rotatable bonds is 3. The van der Waals surface area contributed by atoms with Crippen molar-refractivity contribution in [3.05, 3.63) is 65.2 Å². The minimum absolute atomic E-state index is 0.0940. The third kappa shape index (κ3) is 3.47. The number of fused-ring (bicyclic) bond motifs is 4. The van der Waals surface area contributed by atoms with Crippen molar-refractivity contribution >= 4 is 14.1 Å². The molecule has 4 aliphatic heterocycles. The SMILES string of the molecule is [B][N+]12CCC(COC(=O)N3CCc4ccccc4[C@@H]3c3ccc(O)cc3)(CC1)CC2. The van der Waals surface area contributed by atoms with E-state index in [9.17, 15) is 9.90 Å². The lowest BCUT2D eigenvalue weighted by Crippen LogP contribution is -2.61. The number of phenolic OH excluding ortho intramolecular Hbond substituents is 1. The molecule has 3 fully saturated rings. The fraction of sp³-hybridized carbons (Fsp3) is 0.458. The smallest absolute Gasteiger partial charge is 0.481 e. The largest absolute Gasteiger partial charge is 0.508 e. The van der Waals surface area contributed by atoms with Crippen LogP contribution in [-0.2, 0) is 11.2 Å². The van der Waals surface area contributed by atoms with E-state index in [0.717, 1.165) is 56.4 Å². The van der Waals surface area contributed by atoms with Crippen LogP contribution in [0, 0.1) is 5.41 Å². The molecule has 6 rings (SSSR count). The highest BCUT2D eigenvalue weighted by Crippen LogP contribution is 2.43. The standard InChI is InChI=1S/C24H28BN2O3/c25-27-14-10-24(11-15-27,12-16-27)17-30-23(29)26-13-9-18-3-1-2-4-21(18)22(26)19-5-7-20(28)8-6-19/h1-8,22,28H,9-17H2/q+1/t22-,24?,27?/m0/s1. The number of quaternary nitrogens is 1. The number of aromatic hydroxyl groups is 1. The Morgan fingerprint density at radius 2 is 1.77 bits per heavy atom. The number of carbonyl (C=O) groups excluding carboxylic acids is 1. The van der Waals surface area contributed by atoms with E-state index in [1.807, 2.05) is 29.2 Å². The molecule has 1 amide bonds. The van der Waals surface area contributed by atoms with E-state index < -0.39 is 0 Å². The quantitative estimate of drug-likeness (QED) is 0.798. The number of hydrogen-bond donors (Lipinski definition) is 1. The van der Waals surface area contributed by atoms with E-state index in [4.69, 9.17) is 12.7 Å². The van der Waals surface area contributed by atoms with E-state index in [2.05, 4.69) is 12.1 Å². The lowest BCUT2D eigenvalue weighted by molar-refractivity contribution is -0.839. The number of hydrogen-bond acceptors (Lipinski definition) is 3. The van der Waals surface area contributed by atoms with Crippen molar-refractivity contribution in [1.82, 2.24) is 4.90 Å². The van der Waals surface area contributed by atoms with Crippen molar-refractivity contribution in [3.8, 4) is 5.75 Å². The van der Waals surface area contributed by atoms with Crippen molar-refractivity contribution in [2.24, 2.45) is 5.41 Å². The second-order valence-corrected chi connectivity index (χ2v) is 9.33. The molecule has 3 saturated heterocycles. The first kappa shape index (κ1) is 19.5. The predicted molar refractivity (Wildman–Crippen MR) is 115 cm³/mol. The van der Waals surface area contributed by atoms with Crippen LogP contribution >= 0.6 is 0 Å². The Morgan fingerprint density at radius 1 is 1.10 bits per heavy atom. The number of benzene rings is 2. The minimum Gasteiger partial charge on any atom is -0.508 e. The molecular weight excluding hydrogens is 375 g/mol. The number of piperidine rings is 3. The van der Waals surface area contributed by atoms with Crippen LogP contribution in [0.5, 0.6) is 5.75 Å². The van der Waals surface area contributed by atoms with E-state index in [0.29, 0.717) is 17.5 Å². The van der Waals surface area contributed by atoms with Crippen LogP contribution < -0.4 is 0 Å². The Morgan fingerprint density at radius 3 is 2.47 bits per heavy atom. The van der Waals surface area contributed by atoms with Crippen LogP contribution in [-0.4, -0.2) is 61.3 Å². The Kier molecular flexibility index (Phi) is 4.77. The maximum absolute atomic E-state index is 13.3. The fourth-order valence-corrected chi connectivity index (χ4v) is 5.38. The van der Waals surface area contributed by atoms with E-state index in [-0.39, 0.29) is 23.3 Å². The van der Waals surface area contributed by atoms with Gasteiger partial charge >= 0.3 is 14.1 Å². The lowest BCUT2D eigenvalue weighted by atomic mass is 9.70. The third-order valence-electron chi connectivity index (χ3n) is 7.49. The van der Waals surface area contributed by atoms with Crippen molar-refractivity contribution in [1.29, 1.82) is 0 Å². The van der Waals surface area contributed by atoms with Gasteiger partial charge in [-0.3, -0.25) is 4.90 Å². The van der Waals surface area contributed by atoms with Crippen molar-refractivity contribution in [2.45, 2.75) is 31.7 Å². The Hall–Kier alpha value is -2.47. The Bertz CT molecular complexity index is 921. The van der Waals surface area contributed by atoms with Crippen LogP contribution in [0.2, 0.25) is 0 Å². The molecule has 4 aliphatic rings. The van der Waals surface area contributed by atoms with Gasteiger partial charge in [-0.2, -0.15) is 0 Å². The molecule has 4 heterocycles. The molecule has 154 valence electrons. The summed E-state index contributed by atoms with van der Waals surface area (Å²) in [6.07, 6.45) is 3.66. The molecule has 1 N–H and O–H groups in total. The maximum Gasteiger partial charge on any atom is 0.481 e. The minimum atomic E-state index is -0.249. The summed E-state index contributed by atoms with van der Waals surface area (Å²) in [5.74, 6) is 0.222. The van der Waals surface area contributed by atoms with Crippen molar-refractivity contribution in [2.75, 3.05) is 32.8 Å². The molecule has 0 spiro atoms. The zero-order valence-corrected chi connectivity index (χ0v) is 17.3. The molecule has 6 heteroatoms. The van der Waals surface area contributed by atoms with E-state index >= 15 is 0 Å². The van der Waals surface area contributed by atoms with Gasteiger partial charge in [0.15, 0.2) is 0 Å². The van der Waals surface area contributed by atoms with Gasteiger partial charge in [0, 0.05) is 31.2 Å².